The lowest BCUT2D eigenvalue weighted by atomic mass is 10.1. The molecule has 6 rings (SSSR count). The molecule has 1 N–H and O–H groups in total. The third-order valence-electron chi connectivity index (χ3n) is 7.79. The summed E-state index contributed by atoms with van der Waals surface area (Å²) < 4.78 is 11.8. The van der Waals surface area contributed by atoms with Gasteiger partial charge in [0.15, 0.2) is 0 Å². The predicted molar refractivity (Wildman–Crippen MR) is 179 cm³/mol. The largest absolute Gasteiger partial charge is 0.489 e. The zero-order valence-corrected chi connectivity index (χ0v) is 26.6. The Kier molecular flexibility index (Phi) is 10.4. The second-order valence-electron chi connectivity index (χ2n) is 11.2. The minimum absolute atomic E-state index is 0.0530. The van der Waals surface area contributed by atoms with Gasteiger partial charge in [-0.25, -0.2) is 4.79 Å². The van der Waals surface area contributed by atoms with Gasteiger partial charge >= 0.3 is 6.03 Å². The van der Waals surface area contributed by atoms with Crippen LogP contribution in [0.15, 0.2) is 136 Å². The van der Waals surface area contributed by atoms with Crippen molar-refractivity contribution in [2.24, 2.45) is 0 Å². The Balaban J connectivity index is 1.09. The first-order valence-corrected chi connectivity index (χ1v) is 16.3. The van der Waals surface area contributed by atoms with Crippen molar-refractivity contribution in [2.45, 2.75) is 48.5 Å². The van der Waals surface area contributed by atoms with Crippen molar-refractivity contribution < 1.29 is 13.9 Å². The highest BCUT2D eigenvalue weighted by atomic mass is 35.5. The van der Waals surface area contributed by atoms with E-state index in [0.717, 1.165) is 58.6 Å². The highest BCUT2D eigenvalue weighted by Crippen LogP contribution is 2.32. The molecular weight excluding hydrogens is 602 g/mol. The topological polar surface area (TPSA) is 58.0 Å². The van der Waals surface area contributed by atoms with Gasteiger partial charge in [0.2, 0.25) is 0 Å². The fraction of sp³-hybridized carbons (Fsp3) is 0.216. The van der Waals surface area contributed by atoms with Gasteiger partial charge in [-0.05, 0) is 66.1 Å². The summed E-state index contributed by atoms with van der Waals surface area (Å²) in [6.45, 7) is 3.74. The van der Waals surface area contributed by atoms with Crippen molar-refractivity contribution in [2.75, 3.05) is 13.1 Å². The predicted octanol–water partition coefficient (Wildman–Crippen LogP) is 8.65. The fourth-order valence-corrected chi connectivity index (χ4v) is 6.53. The van der Waals surface area contributed by atoms with Crippen LogP contribution in [-0.2, 0) is 26.2 Å². The number of hydrogen-bond acceptors (Lipinski definition) is 5. The molecule has 0 saturated carbocycles. The number of carbonyl (C=O) groups is 1. The average molecular weight is 638 g/mol. The number of hydrogen-bond donors (Lipinski definition) is 1. The molecule has 2 amide bonds. The fourth-order valence-electron chi connectivity index (χ4n) is 5.47. The second-order valence-corrected chi connectivity index (χ2v) is 12.7. The van der Waals surface area contributed by atoms with E-state index in [0.29, 0.717) is 19.7 Å². The molecule has 45 heavy (non-hydrogen) atoms. The van der Waals surface area contributed by atoms with E-state index in [4.69, 9.17) is 20.8 Å². The molecule has 1 aromatic heterocycles. The Hall–Kier alpha value is -4.17. The molecule has 8 heteroatoms. The zero-order chi connectivity index (χ0) is 30.8. The molecule has 1 aliphatic rings. The van der Waals surface area contributed by atoms with Crippen molar-refractivity contribution in [1.82, 2.24) is 15.1 Å². The van der Waals surface area contributed by atoms with Gasteiger partial charge in [0.05, 0.1) is 19.4 Å². The molecule has 6 nitrogen and oxygen atoms in total. The quantitative estimate of drug-likeness (QED) is 0.148. The molecule has 0 spiro atoms. The minimum Gasteiger partial charge on any atom is -0.489 e. The Morgan fingerprint density at radius 2 is 1.64 bits per heavy atom. The van der Waals surface area contributed by atoms with E-state index in [-0.39, 0.29) is 12.1 Å². The van der Waals surface area contributed by atoms with E-state index in [2.05, 4.69) is 34.5 Å². The Bertz CT molecular complexity index is 1660. The number of furan rings is 1. The third-order valence-corrected chi connectivity index (χ3v) is 9.17. The number of halogens is 1. The molecule has 230 valence electrons. The SMILES string of the molecule is O=C(NC1CCN(Cc2ccccc2Sc2ccc(Cl)cc2)C1)N(Cc1ccco1)Cc1ccccc1OCc1ccccc1. The van der Waals surface area contributed by atoms with Crippen molar-refractivity contribution in [3.63, 3.8) is 0 Å². The maximum absolute atomic E-state index is 13.8. The highest BCUT2D eigenvalue weighted by molar-refractivity contribution is 7.99. The first-order valence-electron chi connectivity index (χ1n) is 15.2. The molecule has 0 bridgehead atoms. The van der Waals surface area contributed by atoms with Crippen molar-refractivity contribution in [3.8, 4) is 5.75 Å². The standard InChI is InChI=1S/C37H36ClN3O3S/c38-31-16-18-34(19-17-31)45-36-15-7-5-12-30(36)23-40-21-20-32(25-40)39-37(42)41(26-33-13-8-22-43-33)24-29-11-4-6-14-35(29)44-27-28-9-2-1-3-10-28/h1-19,22,32H,20-21,23-27H2,(H,39,42). The summed E-state index contributed by atoms with van der Waals surface area (Å²) in [6.07, 6.45) is 2.53. The number of nitrogens with one attached hydrogen (secondary N) is 1. The van der Waals surface area contributed by atoms with Crippen LogP contribution >= 0.6 is 23.4 Å². The first kappa shape index (κ1) is 30.8. The van der Waals surface area contributed by atoms with Crippen LogP contribution in [-0.4, -0.2) is 35.0 Å². The summed E-state index contributed by atoms with van der Waals surface area (Å²) in [7, 11) is 0. The van der Waals surface area contributed by atoms with Crippen LogP contribution in [0.2, 0.25) is 5.02 Å². The van der Waals surface area contributed by atoms with Gasteiger partial charge < -0.3 is 19.4 Å². The number of para-hydroxylation sites is 1. The third kappa shape index (κ3) is 8.72. The summed E-state index contributed by atoms with van der Waals surface area (Å²) in [5.74, 6) is 1.50. The van der Waals surface area contributed by atoms with Crippen molar-refractivity contribution in [3.05, 3.63) is 149 Å². The van der Waals surface area contributed by atoms with Crippen LogP contribution in [0.25, 0.3) is 0 Å². The second kappa shape index (κ2) is 15.2. The molecule has 1 unspecified atom stereocenters. The zero-order valence-electron chi connectivity index (χ0n) is 25.0. The molecule has 2 heterocycles. The summed E-state index contributed by atoms with van der Waals surface area (Å²) in [5.41, 5.74) is 3.31. The lowest BCUT2D eigenvalue weighted by Gasteiger charge is -2.26. The Morgan fingerprint density at radius 3 is 2.44 bits per heavy atom. The lowest BCUT2D eigenvalue weighted by Crippen LogP contribution is -2.45. The van der Waals surface area contributed by atoms with Crippen molar-refractivity contribution in [1.29, 1.82) is 0 Å². The molecule has 5 aromatic rings. The Morgan fingerprint density at radius 1 is 0.889 bits per heavy atom. The normalized spacial score (nSPS) is 14.7. The summed E-state index contributed by atoms with van der Waals surface area (Å²) >= 11 is 7.83. The molecule has 0 aliphatic carbocycles. The van der Waals surface area contributed by atoms with E-state index >= 15 is 0 Å². The van der Waals surface area contributed by atoms with Gasteiger partial charge in [-0.2, -0.15) is 0 Å². The molecule has 4 aromatic carbocycles. The molecule has 1 saturated heterocycles. The maximum atomic E-state index is 13.8. The summed E-state index contributed by atoms with van der Waals surface area (Å²) in [6, 6.07) is 38.1. The lowest BCUT2D eigenvalue weighted by molar-refractivity contribution is 0.181. The number of ether oxygens (including phenoxy) is 1. The van der Waals surface area contributed by atoms with E-state index in [1.54, 1.807) is 22.9 Å². The molecule has 0 radical (unpaired) electrons. The van der Waals surface area contributed by atoms with Gasteiger partial charge in [0.25, 0.3) is 0 Å². The minimum atomic E-state index is -0.116. The number of benzene rings is 4. The summed E-state index contributed by atoms with van der Waals surface area (Å²) in [4.78, 5) is 20.4. The average Bonchev–Trinajstić information content (AvgIpc) is 3.75. The van der Waals surface area contributed by atoms with Gasteiger partial charge in [0.1, 0.15) is 18.1 Å². The smallest absolute Gasteiger partial charge is 0.318 e. The first-order chi connectivity index (χ1) is 22.1. The molecule has 1 fully saturated rings. The number of carbonyl (C=O) groups excluding carboxylic acids is 1. The molecule has 1 aliphatic heterocycles. The van der Waals surface area contributed by atoms with Gasteiger partial charge in [-0.1, -0.05) is 90.1 Å². The number of amides is 2. The van der Waals surface area contributed by atoms with E-state index in [1.807, 2.05) is 91.0 Å². The maximum Gasteiger partial charge on any atom is 0.318 e. The highest BCUT2D eigenvalue weighted by Gasteiger charge is 2.27. The van der Waals surface area contributed by atoms with Crippen LogP contribution in [0.4, 0.5) is 4.79 Å². The van der Waals surface area contributed by atoms with Gasteiger partial charge in [-0.3, -0.25) is 4.90 Å². The van der Waals surface area contributed by atoms with Crippen LogP contribution < -0.4 is 10.1 Å². The van der Waals surface area contributed by atoms with E-state index in [1.165, 1.54) is 10.5 Å². The van der Waals surface area contributed by atoms with Crippen LogP contribution in [0.1, 0.15) is 28.9 Å². The van der Waals surface area contributed by atoms with Crippen LogP contribution in [0.5, 0.6) is 5.75 Å². The monoisotopic (exact) mass is 637 g/mol. The number of likely N-dealkylation sites (tertiary alicyclic amines) is 1. The van der Waals surface area contributed by atoms with Gasteiger partial charge in [-0.15, -0.1) is 0 Å². The van der Waals surface area contributed by atoms with E-state index < -0.39 is 0 Å². The number of urea groups is 1. The van der Waals surface area contributed by atoms with Crippen LogP contribution in [0, 0.1) is 0 Å². The van der Waals surface area contributed by atoms with Crippen LogP contribution in [0.3, 0.4) is 0 Å². The van der Waals surface area contributed by atoms with Crippen molar-refractivity contribution >= 4 is 29.4 Å². The van der Waals surface area contributed by atoms with Gasteiger partial charge in [0, 0.05) is 46.1 Å². The molecule has 1 atom stereocenters. The molecular formula is C37H36ClN3O3S. The summed E-state index contributed by atoms with van der Waals surface area (Å²) in [5, 5.41) is 4.05. The number of rotatable bonds is 12. The Labute approximate surface area is 274 Å². The van der Waals surface area contributed by atoms with E-state index in [9.17, 15) is 4.79 Å². The number of nitrogens with zero attached hydrogens (tertiary/aromatic N) is 2.